The van der Waals surface area contributed by atoms with E-state index in [1.54, 1.807) is 34.5 Å². The van der Waals surface area contributed by atoms with Crippen LogP contribution in [0.15, 0.2) is 47.8 Å². The molecule has 36 heavy (non-hydrogen) atoms. The first-order valence-electron chi connectivity index (χ1n) is 11.1. The van der Waals surface area contributed by atoms with Crippen LogP contribution < -0.4 is 19.7 Å². The molecule has 0 radical (unpaired) electrons. The van der Waals surface area contributed by atoms with Crippen LogP contribution in [0.1, 0.15) is 21.6 Å². The minimum absolute atomic E-state index is 0.0694. The maximum atomic E-state index is 13.0. The molecule has 2 aliphatic rings. The number of rotatable bonds is 5. The van der Waals surface area contributed by atoms with Crippen LogP contribution in [0.4, 0.5) is 24.0 Å². The number of carbonyl (C=O) groups excluding carboxylic acids is 2. The molecule has 3 aromatic rings. The predicted molar refractivity (Wildman–Crippen MR) is 127 cm³/mol. The largest absolute Gasteiger partial charge is 0.454 e. The van der Waals surface area contributed by atoms with Crippen molar-refractivity contribution < 1.29 is 32.2 Å². The highest BCUT2D eigenvalue weighted by molar-refractivity contribution is 7.14. The number of hydrogen-bond acceptors (Lipinski definition) is 7. The van der Waals surface area contributed by atoms with Gasteiger partial charge in [-0.05, 0) is 36.4 Å². The van der Waals surface area contributed by atoms with Crippen LogP contribution in [0.5, 0.6) is 11.5 Å². The first-order chi connectivity index (χ1) is 17.3. The fourth-order valence-electron chi connectivity index (χ4n) is 4.01. The molecule has 3 heterocycles. The van der Waals surface area contributed by atoms with Gasteiger partial charge in [-0.15, -0.1) is 11.3 Å². The van der Waals surface area contributed by atoms with Crippen molar-refractivity contribution in [3.05, 3.63) is 64.7 Å². The molecule has 0 saturated carbocycles. The Morgan fingerprint density at radius 2 is 1.81 bits per heavy atom. The number of halogens is 3. The monoisotopic (exact) mass is 518 g/mol. The van der Waals surface area contributed by atoms with E-state index in [-0.39, 0.29) is 25.0 Å². The minimum Gasteiger partial charge on any atom is -0.454 e. The van der Waals surface area contributed by atoms with Crippen molar-refractivity contribution in [3.63, 3.8) is 0 Å². The van der Waals surface area contributed by atoms with Gasteiger partial charge in [0.05, 0.1) is 17.7 Å². The molecule has 1 saturated heterocycles. The number of hydrogen-bond donors (Lipinski definition) is 1. The number of fused-ring (bicyclic) bond motifs is 1. The molecule has 0 bridgehead atoms. The lowest BCUT2D eigenvalue weighted by Crippen LogP contribution is -2.49. The molecule has 2 aliphatic heterocycles. The SMILES string of the molecule is O=C(Nc1nc(CC(=O)N2CCN(c3cccc(C(F)(F)F)c3)CC2)cs1)c1ccc2c(c1)OCO2. The molecule has 1 aromatic heterocycles. The fraction of sp³-hybridized carbons (Fsp3) is 0.292. The maximum Gasteiger partial charge on any atom is 0.416 e. The van der Waals surface area contributed by atoms with E-state index < -0.39 is 11.7 Å². The third-order valence-electron chi connectivity index (χ3n) is 5.91. The van der Waals surface area contributed by atoms with Crippen molar-refractivity contribution >= 4 is 34.0 Å². The highest BCUT2D eigenvalue weighted by Crippen LogP contribution is 2.33. The Hall–Kier alpha value is -3.80. The summed E-state index contributed by atoms with van der Waals surface area (Å²) in [4.78, 5) is 33.2. The Bertz CT molecular complexity index is 1290. The Kier molecular flexibility index (Phi) is 6.44. The number of ether oxygens (including phenoxy) is 2. The second-order valence-electron chi connectivity index (χ2n) is 8.26. The number of aromatic nitrogens is 1. The van der Waals surface area contributed by atoms with Crippen LogP contribution in [-0.4, -0.2) is 54.7 Å². The molecule has 0 atom stereocenters. The van der Waals surface area contributed by atoms with Crippen LogP contribution >= 0.6 is 11.3 Å². The highest BCUT2D eigenvalue weighted by Gasteiger charge is 2.31. The van der Waals surface area contributed by atoms with Gasteiger partial charge in [0.2, 0.25) is 12.7 Å². The quantitative estimate of drug-likeness (QED) is 0.549. The number of alkyl halides is 3. The van der Waals surface area contributed by atoms with Crippen LogP contribution in [0.3, 0.4) is 0 Å². The van der Waals surface area contributed by atoms with E-state index in [0.717, 1.165) is 12.1 Å². The number of nitrogens with zero attached hydrogens (tertiary/aromatic N) is 3. The lowest BCUT2D eigenvalue weighted by molar-refractivity contribution is -0.137. The topological polar surface area (TPSA) is 84.0 Å². The summed E-state index contributed by atoms with van der Waals surface area (Å²) in [6.45, 7) is 1.77. The zero-order chi connectivity index (χ0) is 25.3. The van der Waals surface area contributed by atoms with E-state index in [1.165, 1.54) is 17.4 Å². The highest BCUT2D eigenvalue weighted by atomic mass is 32.1. The van der Waals surface area contributed by atoms with E-state index in [2.05, 4.69) is 10.3 Å². The average molecular weight is 519 g/mol. The molecule has 2 amide bonds. The summed E-state index contributed by atoms with van der Waals surface area (Å²) < 4.78 is 49.6. The number of thiazole rings is 1. The fourth-order valence-corrected chi connectivity index (χ4v) is 4.72. The summed E-state index contributed by atoms with van der Waals surface area (Å²) in [7, 11) is 0. The first-order valence-corrected chi connectivity index (χ1v) is 12.0. The zero-order valence-corrected chi connectivity index (χ0v) is 19.7. The molecular formula is C24H21F3N4O4S. The molecule has 5 rings (SSSR count). The van der Waals surface area contributed by atoms with Crippen LogP contribution in [0.25, 0.3) is 0 Å². The van der Waals surface area contributed by atoms with Gasteiger partial charge in [-0.3, -0.25) is 14.9 Å². The van der Waals surface area contributed by atoms with Crippen LogP contribution in [-0.2, 0) is 17.4 Å². The molecule has 2 aromatic carbocycles. The van der Waals surface area contributed by atoms with E-state index in [1.807, 2.05) is 4.90 Å². The van der Waals surface area contributed by atoms with Gasteiger partial charge in [-0.2, -0.15) is 13.2 Å². The van der Waals surface area contributed by atoms with Gasteiger partial charge in [0, 0.05) is 42.8 Å². The van der Waals surface area contributed by atoms with Crippen molar-refractivity contribution in [2.24, 2.45) is 0 Å². The van der Waals surface area contributed by atoms with Crippen molar-refractivity contribution in [1.29, 1.82) is 0 Å². The number of piperazine rings is 1. The maximum absolute atomic E-state index is 13.0. The standard InChI is InChI=1S/C24H21F3N4O4S/c25-24(26,27)16-2-1-3-18(11-16)30-6-8-31(9-7-30)21(32)12-17-13-36-23(28-17)29-22(33)15-4-5-19-20(10-15)35-14-34-19/h1-5,10-11,13H,6-9,12,14H2,(H,28,29,33). The zero-order valence-electron chi connectivity index (χ0n) is 18.9. The molecule has 12 heteroatoms. The molecule has 1 fully saturated rings. The molecule has 1 N–H and O–H groups in total. The summed E-state index contributed by atoms with van der Waals surface area (Å²) in [6.07, 6.45) is -4.33. The summed E-state index contributed by atoms with van der Waals surface area (Å²) in [6, 6.07) is 10.1. The van der Waals surface area contributed by atoms with Crippen molar-refractivity contribution in [2.75, 3.05) is 43.2 Å². The minimum atomic E-state index is -4.40. The number of amides is 2. The second kappa shape index (κ2) is 9.69. The van der Waals surface area contributed by atoms with Gasteiger partial charge >= 0.3 is 6.18 Å². The lowest BCUT2D eigenvalue weighted by atomic mass is 10.1. The first kappa shape index (κ1) is 23.9. The third kappa shape index (κ3) is 5.23. The van der Waals surface area contributed by atoms with Gasteiger partial charge in [-0.25, -0.2) is 4.98 Å². The summed E-state index contributed by atoms with van der Waals surface area (Å²) in [5.41, 5.74) is 0.722. The molecule has 8 nitrogen and oxygen atoms in total. The number of nitrogens with one attached hydrogen (secondary N) is 1. The number of benzene rings is 2. The molecule has 0 aliphatic carbocycles. The van der Waals surface area contributed by atoms with Gasteiger partial charge in [0.25, 0.3) is 5.91 Å². The smallest absolute Gasteiger partial charge is 0.416 e. The van der Waals surface area contributed by atoms with Crippen molar-refractivity contribution in [3.8, 4) is 11.5 Å². The summed E-state index contributed by atoms with van der Waals surface area (Å²) in [5, 5.41) is 4.81. The van der Waals surface area contributed by atoms with Gasteiger partial charge in [0.15, 0.2) is 16.6 Å². The summed E-state index contributed by atoms with van der Waals surface area (Å²) >= 11 is 1.22. The number of carbonyl (C=O) groups is 2. The molecule has 0 spiro atoms. The Morgan fingerprint density at radius 3 is 2.58 bits per heavy atom. The van der Waals surface area contributed by atoms with Crippen molar-refractivity contribution in [1.82, 2.24) is 9.88 Å². The van der Waals surface area contributed by atoms with Crippen LogP contribution in [0.2, 0.25) is 0 Å². The normalized spacial score (nSPS) is 15.2. The van der Waals surface area contributed by atoms with E-state index in [4.69, 9.17) is 9.47 Å². The van der Waals surface area contributed by atoms with E-state index >= 15 is 0 Å². The molecule has 0 unspecified atom stereocenters. The molecular weight excluding hydrogens is 497 g/mol. The predicted octanol–water partition coefficient (Wildman–Crippen LogP) is 4.03. The van der Waals surface area contributed by atoms with Crippen LogP contribution in [0, 0.1) is 0 Å². The van der Waals surface area contributed by atoms with Gasteiger partial charge in [-0.1, -0.05) is 6.07 Å². The molecule has 188 valence electrons. The van der Waals surface area contributed by atoms with Gasteiger partial charge < -0.3 is 19.3 Å². The third-order valence-corrected chi connectivity index (χ3v) is 6.72. The second-order valence-corrected chi connectivity index (χ2v) is 9.12. The van der Waals surface area contributed by atoms with E-state index in [9.17, 15) is 22.8 Å². The van der Waals surface area contributed by atoms with Crippen molar-refractivity contribution in [2.45, 2.75) is 12.6 Å². The van der Waals surface area contributed by atoms with E-state index in [0.29, 0.717) is 59.8 Å². The summed E-state index contributed by atoms with van der Waals surface area (Å²) in [5.74, 6) is 0.599. The average Bonchev–Trinajstić information content (AvgIpc) is 3.52. The Labute approximate surface area is 208 Å². The lowest BCUT2D eigenvalue weighted by Gasteiger charge is -2.36. The van der Waals surface area contributed by atoms with Gasteiger partial charge in [0.1, 0.15) is 0 Å². The Balaban J connectivity index is 1.14. The number of anilines is 2. The Morgan fingerprint density at radius 1 is 1.03 bits per heavy atom.